The van der Waals surface area contributed by atoms with Crippen LogP contribution in [-0.2, 0) is 19.1 Å². The van der Waals surface area contributed by atoms with Crippen LogP contribution in [0.4, 0.5) is 0 Å². The monoisotopic (exact) mass is 215 g/mol. The molecule has 0 atom stereocenters. The summed E-state index contributed by atoms with van der Waals surface area (Å²) < 4.78 is 9.59. The summed E-state index contributed by atoms with van der Waals surface area (Å²) in [6.45, 7) is 9.94. The van der Waals surface area contributed by atoms with Gasteiger partial charge in [-0.05, 0) is 20.8 Å². The van der Waals surface area contributed by atoms with Gasteiger partial charge in [0, 0.05) is 0 Å². The summed E-state index contributed by atoms with van der Waals surface area (Å²) in [6, 6.07) is 0. The third-order valence-electron chi connectivity index (χ3n) is 1.57. The maximum Gasteiger partial charge on any atom is 0.311 e. The van der Waals surface area contributed by atoms with Crippen molar-refractivity contribution in [3.8, 4) is 0 Å². The normalized spacial score (nSPS) is 11.3. The van der Waals surface area contributed by atoms with Crippen molar-refractivity contribution in [2.24, 2.45) is 11.3 Å². The molecule has 87 valence electrons. The highest BCUT2D eigenvalue weighted by Crippen LogP contribution is 2.15. The van der Waals surface area contributed by atoms with Crippen molar-refractivity contribution < 1.29 is 19.1 Å². The zero-order valence-electron chi connectivity index (χ0n) is 9.99. The summed E-state index contributed by atoms with van der Waals surface area (Å²) in [7, 11) is 0. The van der Waals surface area contributed by atoms with Gasteiger partial charge in [-0.3, -0.25) is 9.59 Å². The van der Waals surface area contributed by atoms with Gasteiger partial charge in [-0.1, -0.05) is 13.8 Å². The molecule has 0 N–H and O–H groups in total. The summed E-state index contributed by atoms with van der Waals surface area (Å²) in [5.41, 5.74) is -0.543. The van der Waals surface area contributed by atoms with E-state index in [2.05, 4.69) is 0 Å². The highest BCUT2D eigenvalue weighted by atomic mass is 16.6. The van der Waals surface area contributed by atoms with Crippen molar-refractivity contribution in [1.29, 1.82) is 0 Å². The van der Waals surface area contributed by atoms with Gasteiger partial charge in [-0.2, -0.15) is 0 Å². The van der Waals surface area contributed by atoms with Crippen LogP contribution >= 0.6 is 0 Å². The van der Waals surface area contributed by atoms with Crippen molar-refractivity contribution in [2.45, 2.75) is 34.6 Å². The number of esters is 2. The Morgan fingerprint density at radius 2 is 1.80 bits per heavy atom. The molecule has 15 heavy (non-hydrogen) atoms. The summed E-state index contributed by atoms with van der Waals surface area (Å²) in [4.78, 5) is 22.3. The molecule has 0 amide bonds. The second-order valence-electron chi connectivity index (χ2n) is 4.61. The first-order chi connectivity index (χ1) is 6.75. The van der Waals surface area contributed by atoms with Crippen LogP contribution in [0, 0.1) is 17.9 Å². The largest absolute Gasteiger partial charge is 0.461 e. The van der Waals surface area contributed by atoms with Crippen LogP contribution in [0.2, 0.25) is 0 Å². The van der Waals surface area contributed by atoms with E-state index in [1.807, 2.05) is 0 Å². The highest BCUT2D eigenvalue weighted by molar-refractivity contribution is 5.75. The van der Waals surface area contributed by atoms with E-state index >= 15 is 0 Å². The number of hydrogen-bond acceptors (Lipinski definition) is 4. The molecular formula is C11H19O4. The van der Waals surface area contributed by atoms with Crippen molar-refractivity contribution in [3.05, 3.63) is 6.61 Å². The first-order valence-corrected chi connectivity index (χ1v) is 4.94. The molecule has 0 saturated carbocycles. The first kappa shape index (κ1) is 13.9. The molecule has 4 nitrogen and oxygen atoms in total. The van der Waals surface area contributed by atoms with E-state index in [0.717, 1.165) is 0 Å². The van der Waals surface area contributed by atoms with Crippen LogP contribution in [0.3, 0.4) is 0 Å². The summed E-state index contributed by atoms with van der Waals surface area (Å²) in [5.74, 6) is -0.821. The Bertz CT molecular complexity index is 225. The van der Waals surface area contributed by atoms with E-state index < -0.39 is 5.41 Å². The Kier molecular flexibility index (Phi) is 5.33. The van der Waals surface area contributed by atoms with E-state index in [0.29, 0.717) is 0 Å². The lowest BCUT2D eigenvalue weighted by molar-refractivity contribution is -0.154. The van der Waals surface area contributed by atoms with Crippen LogP contribution in [0.15, 0.2) is 0 Å². The lowest BCUT2D eigenvalue weighted by Gasteiger charge is -2.16. The minimum absolute atomic E-state index is 0.00116. The lowest BCUT2D eigenvalue weighted by Crippen LogP contribution is -2.23. The number of ether oxygens (including phenoxy) is 2. The summed E-state index contributed by atoms with van der Waals surface area (Å²) >= 11 is 0. The van der Waals surface area contributed by atoms with Crippen LogP contribution < -0.4 is 0 Å². The fraction of sp³-hybridized carbons (Fsp3) is 0.727. The van der Waals surface area contributed by atoms with Gasteiger partial charge in [0.05, 0.1) is 11.3 Å². The number of carbonyl (C=O) groups excluding carboxylic acids is 2. The minimum atomic E-state index is -0.543. The predicted molar refractivity (Wildman–Crippen MR) is 55.6 cm³/mol. The Morgan fingerprint density at radius 1 is 1.27 bits per heavy atom. The zero-order valence-corrected chi connectivity index (χ0v) is 9.99. The number of hydrogen-bond donors (Lipinski definition) is 0. The molecule has 1 radical (unpaired) electrons. The molecule has 4 heteroatoms. The topological polar surface area (TPSA) is 52.6 Å². The molecule has 0 aliphatic carbocycles. The van der Waals surface area contributed by atoms with Gasteiger partial charge in [-0.25, -0.2) is 0 Å². The van der Waals surface area contributed by atoms with Crippen molar-refractivity contribution >= 4 is 11.9 Å². The summed E-state index contributed by atoms with van der Waals surface area (Å²) in [6.07, 6.45) is 0. The molecule has 0 unspecified atom stereocenters. The fourth-order valence-electron chi connectivity index (χ4n) is 0.569. The molecule has 0 fully saturated rings. The summed E-state index contributed by atoms with van der Waals surface area (Å²) in [5, 5.41) is 0. The molecule has 0 aromatic rings. The number of rotatable bonds is 4. The molecule has 0 rings (SSSR count). The van der Waals surface area contributed by atoms with Gasteiger partial charge in [0.25, 0.3) is 0 Å². The quantitative estimate of drug-likeness (QED) is 0.531. The van der Waals surface area contributed by atoms with E-state index in [4.69, 9.17) is 9.47 Å². The second-order valence-corrected chi connectivity index (χ2v) is 4.61. The lowest BCUT2D eigenvalue weighted by atomic mass is 9.97. The first-order valence-electron chi connectivity index (χ1n) is 4.94. The smallest absolute Gasteiger partial charge is 0.311 e. The van der Waals surface area contributed by atoms with Crippen LogP contribution in [0.25, 0.3) is 0 Å². The average Bonchev–Trinajstić information content (AvgIpc) is 2.09. The van der Waals surface area contributed by atoms with Crippen LogP contribution in [0.5, 0.6) is 0 Å². The Balaban J connectivity index is 3.65. The van der Waals surface area contributed by atoms with Gasteiger partial charge in [0.15, 0.2) is 6.61 Å². The minimum Gasteiger partial charge on any atom is -0.461 e. The highest BCUT2D eigenvalue weighted by Gasteiger charge is 2.23. The maximum atomic E-state index is 11.2. The maximum absolute atomic E-state index is 11.2. The average molecular weight is 215 g/mol. The molecule has 0 aromatic carbocycles. The molecule has 0 aliphatic rings. The van der Waals surface area contributed by atoms with Crippen LogP contribution in [-0.4, -0.2) is 18.5 Å². The van der Waals surface area contributed by atoms with E-state index in [1.54, 1.807) is 34.6 Å². The number of carbonyl (C=O) groups is 2. The van der Waals surface area contributed by atoms with E-state index in [-0.39, 0.29) is 24.5 Å². The third kappa shape index (κ3) is 6.10. The van der Waals surface area contributed by atoms with Gasteiger partial charge in [0.2, 0.25) is 0 Å². The Labute approximate surface area is 90.9 Å². The molecular weight excluding hydrogens is 196 g/mol. The van der Waals surface area contributed by atoms with Gasteiger partial charge < -0.3 is 9.47 Å². The Morgan fingerprint density at radius 3 is 2.20 bits per heavy atom. The van der Waals surface area contributed by atoms with Gasteiger partial charge in [0.1, 0.15) is 6.61 Å². The third-order valence-corrected chi connectivity index (χ3v) is 1.57. The SMILES string of the molecule is CC(C)C(=O)OC[CH]OC(=O)C(C)(C)C. The fourth-order valence-corrected chi connectivity index (χ4v) is 0.569. The predicted octanol–water partition coefficient (Wildman–Crippen LogP) is 1.94. The Hall–Kier alpha value is -1.06. The van der Waals surface area contributed by atoms with Crippen molar-refractivity contribution in [1.82, 2.24) is 0 Å². The second kappa shape index (κ2) is 5.73. The molecule has 0 heterocycles. The van der Waals surface area contributed by atoms with Crippen molar-refractivity contribution in [2.75, 3.05) is 6.61 Å². The van der Waals surface area contributed by atoms with E-state index in [9.17, 15) is 9.59 Å². The standard InChI is InChI=1S/C11H19O4/c1-8(2)9(12)14-6-7-15-10(13)11(3,4)5/h7-8H,6H2,1-5H3. The van der Waals surface area contributed by atoms with Gasteiger partial charge in [-0.15, -0.1) is 0 Å². The molecule has 0 aliphatic heterocycles. The van der Waals surface area contributed by atoms with Gasteiger partial charge >= 0.3 is 11.9 Å². The molecule has 0 spiro atoms. The molecule has 0 bridgehead atoms. The van der Waals surface area contributed by atoms with Crippen molar-refractivity contribution in [3.63, 3.8) is 0 Å². The van der Waals surface area contributed by atoms with E-state index in [1.165, 1.54) is 6.61 Å². The zero-order chi connectivity index (χ0) is 12.1. The molecule has 0 aromatic heterocycles. The molecule has 0 saturated heterocycles. The van der Waals surface area contributed by atoms with Crippen LogP contribution in [0.1, 0.15) is 34.6 Å².